The van der Waals surface area contributed by atoms with Crippen molar-refractivity contribution in [3.8, 4) is 0 Å². The van der Waals surface area contributed by atoms with E-state index in [2.05, 4.69) is 5.32 Å². The number of nitrogens with one attached hydrogen (secondary N) is 1. The number of hydrogen-bond donors (Lipinski definition) is 4. The molecule has 0 aliphatic carbocycles. The topological polar surface area (TPSA) is 118 Å². The van der Waals surface area contributed by atoms with Crippen LogP contribution >= 0.6 is 11.8 Å². The number of sulfonamides is 1. The lowest BCUT2D eigenvalue weighted by molar-refractivity contribution is 0.0997. The summed E-state index contributed by atoms with van der Waals surface area (Å²) < 4.78 is 22.3. The van der Waals surface area contributed by atoms with Gasteiger partial charge in [0.2, 0.25) is 10.0 Å². The largest absolute Gasteiger partial charge is 0.397 e. The first-order valence-corrected chi connectivity index (χ1v) is 8.47. The average Bonchev–Trinajstić information content (AvgIpc) is 2.26. The molecule has 0 fully saturated rings. The van der Waals surface area contributed by atoms with Crippen molar-refractivity contribution < 1.29 is 13.5 Å². The van der Waals surface area contributed by atoms with E-state index in [9.17, 15) is 13.5 Å². The number of thioether (sulfide) groups is 1. The number of primary sulfonamides is 1. The van der Waals surface area contributed by atoms with Crippen molar-refractivity contribution in [3.63, 3.8) is 0 Å². The fourth-order valence-electron chi connectivity index (χ4n) is 1.53. The van der Waals surface area contributed by atoms with Crippen LogP contribution in [0.2, 0.25) is 0 Å². The molecule has 0 aliphatic rings. The molecule has 6 N–H and O–H groups in total. The first kappa shape index (κ1) is 16.1. The molecule has 8 heteroatoms. The standard InChI is InChI=1S/C11H19N3O3S2/c1-11(15,7-18-2)6-14-10-4-3-8(5-9(10)12)19(13,16)17/h3-5,14-15H,6-7,12H2,1-2H3,(H2,13,16,17). The van der Waals surface area contributed by atoms with Crippen molar-refractivity contribution in [1.29, 1.82) is 0 Å². The monoisotopic (exact) mass is 305 g/mol. The van der Waals surface area contributed by atoms with Gasteiger partial charge in [-0.1, -0.05) is 0 Å². The van der Waals surface area contributed by atoms with Gasteiger partial charge < -0.3 is 16.2 Å². The third kappa shape index (κ3) is 4.90. The zero-order valence-electron chi connectivity index (χ0n) is 10.9. The maximum Gasteiger partial charge on any atom is 0.238 e. The molecule has 1 unspecified atom stereocenters. The van der Waals surface area contributed by atoms with E-state index >= 15 is 0 Å². The number of rotatable bonds is 6. The van der Waals surface area contributed by atoms with E-state index in [1.165, 1.54) is 30.0 Å². The van der Waals surface area contributed by atoms with E-state index < -0.39 is 15.6 Å². The van der Waals surface area contributed by atoms with Gasteiger partial charge in [0.05, 0.1) is 21.9 Å². The molecular weight excluding hydrogens is 286 g/mol. The number of hydrogen-bond acceptors (Lipinski definition) is 6. The van der Waals surface area contributed by atoms with Crippen molar-refractivity contribution in [2.24, 2.45) is 5.14 Å². The summed E-state index contributed by atoms with van der Waals surface area (Å²) >= 11 is 1.54. The Kier molecular flexibility index (Phi) is 5.08. The van der Waals surface area contributed by atoms with Crippen molar-refractivity contribution in [1.82, 2.24) is 0 Å². The van der Waals surface area contributed by atoms with Gasteiger partial charge in [-0.25, -0.2) is 13.6 Å². The second kappa shape index (κ2) is 6.00. The molecule has 1 aromatic rings. The van der Waals surface area contributed by atoms with E-state index in [0.717, 1.165) is 0 Å². The fraction of sp³-hybridized carbons (Fsp3) is 0.455. The van der Waals surface area contributed by atoms with Crippen molar-refractivity contribution in [2.75, 3.05) is 29.6 Å². The Balaban J connectivity index is 2.82. The molecule has 0 spiro atoms. The number of anilines is 2. The van der Waals surface area contributed by atoms with E-state index in [0.29, 0.717) is 18.0 Å². The van der Waals surface area contributed by atoms with Crippen LogP contribution in [0.5, 0.6) is 0 Å². The zero-order valence-corrected chi connectivity index (χ0v) is 12.5. The van der Waals surface area contributed by atoms with Crippen LogP contribution in [0.3, 0.4) is 0 Å². The Morgan fingerprint density at radius 3 is 2.58 bits per heavy atom. The summed E-state index contributed by atoms with van der Waals surface area (Å²) in [5, 5.41) is 18.0. The maximum absolute atomic E-state index is 11.2. The van der Waals surface area contributed by atoms with Crippen molar-refractivity contribution in [2.45, 2.75) is 17.4 Å². The van der Waals surface area contributed by atoms with Crippen LogP contribution < -0.4 is 16.2 Å². The Morgan fingerprint density at radius 1 is 1.47 bits per heavy atom. The molecule has 0 heterocycles. The smallest absolute Gasteiger partial charge is 0.238 e. The highest BCUT2D eigenvalue weighted by atomic mass is 32.2. The second-order valence-corrected chi connectivity index (χ2v) is 7.01. The molecule has 0 radical (unpaired) electrons. The minimum Gasteiger partial charge on any atom is -0.397 e. The van der Waals surface area contributed by atoms with Gasteiger partial charge in [-0.15, -0.1) is 0 Å². The number of nitrogens with two attached hydrogens (primary N) is 2. The summed E-state index contributed by atoms with van der Waals surface area (Å²) in [6.45, 7) is 2.03. The first-order chi connectivity index (χ1) is 8.65. The van der Waals surface area contributed by atoms with Crippen LogP contribution in [-0.2, 0) is 10.0 Å². The molecule has 6 nitrogen and oxygen atoms in total. The Hall–Kier alpha value is -0.960. The highest BCUT2D eigenvalue weighted by Gasteiger charge is 2.19. The Morgan fingerprint density at radius 2 is 2.11 bits per heavy atom. The molecule has 19 heavy (non-hydrogen) atoms. The lowest BCUT2D eigenvalue weighted by Gasteiger charge is -2.23. The molecule has 1 aromatic carbocycles. The molecule has 0 bridgehead atoms. The van der Waals surface area contributed by atoms with E-state index in [-0.39, 0.29) is 10.6 Å². The zero-order chi connectivity index (χ0) is 14.7. The van der Waals surface area contributed by atoms with Gasteiger partial charge in [0.15, 0.2) is 0 Å². The molecule has 0 aliphatic heterocycles. The third-order valence-electron chi connectivity index (χ3n) is 2.47. The molecule has 0 amide bonds. The van der Waals surface area contributed by atoms with Gasteiger partial charge in [-0.2, -0.15) is 11.8 Å². The number of nitrogen functional groups attached to an aromatic ring is 1. The third-order valence-corrected chi connectivity index (χ3v) is 4.29. The summed E-state index contributed by atoms with van der Waals surface area (Å²) in [5.41, 5.74) is 5.72. The minimum absolute atomic E-state index is 0.0357. The van der Waals surface area contributed by atoms with Gasteiger partial charge in [0, 0.05) is 12.3 Å². The van der Waals surface area contributed by atoms with Crippen LogP contribution in [0.4, 0.5) is 11.4 Å². The minimum atomic E-state index is -3.75. The molecule has 1 atom stereocenters. The highest BCUT2D eigenvalue weighted by molar-refractivity contribution is 7.98. The highest BCUT2D eigenvalue weighted by Crippen LogP contribution is 2.23. The molecule has 0 aromatic heterocycles. The molecule has 0 saturated heterocycles. The van der Waals surface area contributed by atoms with Gasteiger partial charge in [0.25, 0.3) is 0 Å². The normalized spacial score (nSPS) is 14.9. The SMILES string of the molecule is CSCC(C)(O)CNc1ccc(S(N)(=O)=O)cc1N. The average molecular weight is 305 g/mol. The van der Waals surface area contributed by atoms with Crippen LogP contribution in [0.15, 0.2) is 23.1 Å². The summed E-state index contributed by atoms with van der Waals surface area (Å²) in [5.74, 6) is 0.579. The van der Waals surface area contributed by atoms with Crippen LogP contribution in [-0.4, -0.2) is 37.7 Å². The lowest BCUT2D eigenvalue weighted by atomic mass is 10.1. The molecular formula is C11H19N3O3S2. The van der Waals surface area contributed by atoms with Gasteiger partial charge in [-0.05, 0) is 31.4 Å². The molecule has 0 saturated carbocycles. The maximum atomic E-state index is 11.2. The predicted molar refractivity (Wildman–Crippen MR) is 79.7 cm³/mol. The van der Waals surface area contributed by atoms with E-state index in [1.54, 1.807) is 6.92 Å². The Bertz CT molecular complexity index is 544. The fourth-order valence-corrected chi connectivity index (χ4v) is 2.80. The van der Waals surface area contributed by atoms with Gasteiger partial charge >= 0.3 is 0 Å². The quantitative estimate of drug-likeness (QED) is 0.566. The van der Waals surface area contributed by atoms with E-state index in [1.807, 2.05) is 6.26 Å². The summed E-state index contributed by atoms with van der Waals surface area (Å²) in [7, 11) is -3.75. The summed E-state index contributed by atoms with van der Waals surface area (Å²) in [4.78, 5) is -0.0357. The molecule has 1 rings (SSSR count). The molecule has 108 valence electrons. The number of benzene rings is 1. The van der Waals surface area contributed by atoms with E-state index in [4.69, 9.17) is 10.9 Å². The Labute approximate surface area is 117 Å². The predicted octanol–water partition coefficient (Wildman–Crippen LogP) is 0.442. The lowest BCUT2D eigenvalue weighted by Crippen LogP contribution is -2.36. The van der Waals surface area contributed by atoms with Crippen LogP contribution in [0, 0.1) is 0 Å². The first-order valence-electron chi connectivity index (χ1n) is 5.53. The number of aliphatic hydroxyl groups is 1. The van der Waals surface area contributed by atoms with Crippen LogP contribution in [0.1, 0.15) is 6.92 Å². The summed E-state index contributed by atoms with van der Waals surface area (Å²) in [6, 6.07) is 4.20. The van der Waals surface area contributed by atoms with Crippen LogP contribution in [0.25, 0.3) is 0 Å². The van der Waals surface area contributed by atoms with Crippen molar-refractivity contribution in [3.05, 3.63) is 18.2 Å². The van der Waals surface area contributed by atoms with Crippen molar-refractivity contribution >= 4 is 33.2 Å². The second-order valence-electron chi connectivity index (χ2n) is 4.58. The van der Waals surface area contributed by atoms with Gasteiger partial charge in [0.1, 0.15) is 0 Å². The summed E-state index contributed by atoms with van der Waals surface area (Å²) in [6.07, 6.45) is 1.91. The van der Waals surface area contributed by atoms with Gasteiger partial charge in [-0.3, -0.25) is 0 Å².